The summed E-state index contributed by atoms with van der Waals surface area (Å²) in [6.45, 7) is 5.07. The monoisotopic (exact) mass is 258 g/mol. The molecule has 0 saturated carbocycles. The van der Waals surface area contributed by atoms with E-state index < -0.39 is 0 Å². The number of carbonyl (C=O) groups excluding carboxylic acids is 2. The molecule has 2 aromatic rings. The number of hydrogen-bond acceptors (Lipinski definition) is 2. The maximum atomic E-state index is 11.8. The number of hydrogen-bond donors (Lipinski definition) is 1. The molecule has 0 spiro atoms. The van der Waals surface area contributed by atoms with Crippen molar-refractivity contribution in [2.45, 2.75) is 20.4 Å². The largest absolute Gasteiger partial charge is 0.354 e. The zero-order valence-corrected chi connectivity index (χ0v) is 11.2. The first-order valence-corrected chi connectivity index (χ1v) is 6.41. The predicted molar refractivity (Wildman–Crippen MR) is 75.2 cm³/mol. The molecule has 0 unspecified atom stereocenters. The lowest BCUT2D eigenvalue weighted by atomic mass is 10.1. The average molecular weight is 258 g/mol. The number of carbonyl (C=O) groups is 2. The van der Waals surface area contributed by atoms with Crippen LogP contribution in [0.25, 0.3) is 10.9 Å². The molecule has 0 atom stereocenters. The number of rotatable bonds is 5. The minimum absolute atomic E-state index is 0.0114. The van der Waals surface area contributed by atoms with Crippen molar-refractivity contribution in [1.29, 1.82) is 0 Å². The van der Waals surface area contributed by atoms with Crippen LogP contribution in [0.1, 0.15) is 24.2 Å². The van der Waals surface area contributed by atoms with Crippen LogP contribution in [0.3, 0.4) is 0 Å². The van der Waals surface area contributed by atoms with Crippen LogP contribution >= 0.6 is 0 Å². The van der Waals surface area contributed by atoms with E-state index in [0.29, 0.717) is 18.0 Å². The molecule has 2 rings (SSSR count). The van der Waals surface area contributed by atoms with E-state index in [-0.39, 0.29) is 12.5 Å². The molecule has 1 amide bonds. The average Bonchev–Trinajstić information content (AvgIpc) is 2.79. The van der Waals surface area contributed by atoms with Gasteiger partial charge in [0.05, 0.1) is 0 Å². The first-order chi connectivity index (χ1) is 9.11. The molecule has 4 heteroatoms. The lowest BCUT2D eigenvalue weighted by Gasteiger charge is -2.09. The third kappa shape index (κ3) is 3.02. The minimum atomic E-state index is -0.0114. The fourth-order valence-electron chi connectivity index (χ4n) is 2.02. The number of aromatic nitrogens is 1. The topological polar surface area (TPSA) is 51.1 Å². The molecule has 0 saturated heterocycles. The number of amides is 1. The highest BCUT2D eigenvalue weighted by Gasteiger charge is 2.08. The van der Waals surface area contributed by atoms with Gasteiger partial charge in [0.15, 0.2) is 6.29 Å². The minimum Gasteiger partial charge on any atom is -0.354 e. The maximum absolute atomic E-state index is 11.8. The summed E-state index contributed by atoms with van der Waals surface area (Å²) >= 11 is 0. The molecule has 0 bridgehead atoms. The first-order valence-electron chi connectivity index (χ1n) is 6.41. The third-order valence-corrected chi connectivity index (χ3v) is 3.00. The third-order valence-electron chi connectivity index (χ3n) is 3.00. The Balaban J connectivity index is 2.17. The van der Waals surface area contributed by atoms with Crippen molar-refractivity contribution in [3.8, 4) is 0 Å². The van der Waals surface area contributed by atoms with Crippen LogP contribution < -0.4 is 5.32 Å². The van der Waals surface area contributed by atoms with Gasteiger partial charge in [-0.2, -0.15) is 0 Å². The highest BCUT2D eigenvalue weighted by molar-refractivity contribution is 5.97. The summed E-state index contributed by atoms with van der Waals surface area (Å²) in [6, 6.07) is 7.39. The Morgan fingerprint density at radius 2 is 2.16 bits per heavy atom. The van der Waals surface area contributed by atoms with Gasteiger partial charge in [-0.3, -0.25) is 9.59 Å². The van der Waals surface area contributed by atoms with E-state index in [1.807, 2.05) is 29.0 Å². The van der Waals surface area contributed by atoms with Crippen molar-refractivity contribution >= 4 is 23.1 Å². The molecule has 4 nitrogen and oxygen atoms in total. The summed E-state index contributed by atoms with van der Waals surface area (Å²) in [5.74, 6) is 0.426. The van der Waals surface area contributed by atoms with E-state index in [0.717, 1.165) is 17.2 Å². The second kappa shape index (κ2) is 5.69. The van der Waals surface area contributed by atoms with Crippen LogP contribution in [0.5, 0.6) is 0 Å². The standard InChI is InChI=1S/C15H18N2O2/c1-11(2)8-16-15(19)9-17-7-6-13-12(10-18)4-3-5-14(13)17/h3-7,10-11H,8-9H2,1-2H3,(H,16,19). The molecular weight excluding hydrogens is 240 g/mol. The summed E-state index contributed by atoms with van der Waals surface area (Å²) in [6.07, 6.45) is 2.68. The van der Waals surface area contributed by atoms with Crippen molar-refractivity contribution in [1.82, 2.24) is 9.88 Å². The Labute approximate surface area is 112 Å². The van der Waals surface area contributed by atoms with Gasteiger partial charge < -0.3 is 9.88 Å². The molecule has 0 radical (unpaired) electrons. The molecule has 0 aliphatic carbocycles. The number of benzene rings is 1. The predicted octanol–water partition coefficient (Wildman–Crippen LogP) is 2.23. The number of fused-ring (bicyclic) bond motifs is 1. The fraction of sp³-hybridized carbons (Fsp3) is 0.333. The van der Waals surface area contributed by atoms with E-state index in [4.69, 9.17) is 0 Å². The molecule has 0 fully saturated rings. The number of aldehydes is 1. The van der Waals surface area contributed by atoms with E-state index in [1.54, 1.807) is 6.07 Å². The van der Waals surface area contributed by atoms with Crippen LogP contribution in [0.4, 0.5) is 0 Å². The lowest BCUT2D eigenvalue weighted by Crippen LogP contribution is -2.30. The fourth-order valence-corrected chi connectivity index (χ4v) is 2.02. The van der Waals surface area contributed by atoms with Crippen LogP contribution in [-0.4, -0.2) is 23.3 Å². The lowest BCUT2D eigenvalue weighted by molar-refractivity contribution is -0.121. The van der Waals surface area contributed by atoms with Crippen molar-refractivity contribution < 1.29 is 9.59 Å². The van der Waals surface area contributed by atoms with Crippen LogP contribution in [0.2, 0.25) is 0 Å². The second-order valence-corrected chi connectivity index (χ2v) is 5.04. The van der Waals surface area contributed by atoms with Crippen LogP contribution in [-0.2, 0) is 11.3 Å². The van der Waals surface area contributed by atoms with Gasteiger partial charge in [0, 0.05) is 29.2 Å². The molecule has 1 heterocycles. The van der Waals surface area contributed by atoms with Gasteiger partial charge in [-0.1, -0.05) is 26.0 Å². The van der Waals surface area contributed by atoms with E-state index in [1.165, 1.54) is 0 Å². The smallest absolute Gasteiger partial charge is 0.239 e. The van der Waals surface area contributed by atoms with Gasteiger partial charge >= 0.3 is 0 Å². The van der Waals surface area contributed by atoms with Gasteiger partial charge in [0.25, 0.3) is 0 Å². The normalized spacial score (nSPS) is 10.9. The summed E-state index contributed by atoms with van der Waals surface area (Å²) in [4.78, 5) is 22.8. The second-order valence-electron chi connectivity index (χ2n) is 5.04. The van der Waals surface area contributed by atoms with E-state index in [9.17, 15) is 9.59 Å². The van der Waals surface area contributed by atoms with Gasteiger partial charge in [0.1, 0.15) is 6.54 Å². The zero-order chi connectivity index (χ0) is 13.8. The molecule has 1 N–H and O–H groups in total. The summed E-state index contributed by atoms with van der Waals surface area (Å²) in [5.41, 5.74) is 1.56. The molecule has 1 aromatic heterocycles. The summed E-state index contributed by atoms with van der Waals surface area (Å²) in [7, 11) is 0. The first kappa shape index (κ1) is 13.3. The number of nitrogens with one attached hydrogen (secondary N) is 1. The number of nitrogens with zero attached hydrogens (tertiary/aromatic N) is 1. The zero-order valence-electron chi connectivity index (χ0n) is 11.2. The summed E-state index contributed by atoms with van der Waals surface area (Å²) < 4.78 is 1.86. The van der Waals surface area contributed by atoms with Crippen molar-refractivity contribution in [3.05, 3.63) is 36.0 Å². The Hall–Kier alpha value is -2.10. The Morgan fingerprint density at radius 3 is 2.84 bits per heavy atom. The van der Waals surface area contributed by atoms with Crippen molar-refractivity contribution in [2.24, 2.45) is 5.92 Å². The molecule has 0 aliphatic heterocycles. The molecule has 0 aliphatic rings. The van der Waals surface area contributed by atoms with E-state index in [2.05, 4.69) is 19.2 Å². The Kier molecular flexibility index (Phi) is 4.00. The van der Waals surface area contributed by atoms with Gasteiger partial charge in [-0.25, -0.2) is 0 Å². The SMILES string of the molecule is CC(C)CNC(=O)Cn1ccc2c(C=O)cccc21. The Morgan fingerprint density at radius 1 is 1.37 bits per heavy atom. The quantitative estimate of drug-likeness (QED) is 0.836. The molecule has 19 heavy (non-hydrogen) atoms. The maximum Gasteiger partial charge on any atom is 0.239 e. The van der Waals surface area contributed by atoms with Crippen LogP contribution in [0, 0.1) is 5.92 Å². The van der Waals surface area contributed by atoms with E-state index >= 15 is 0 Å². The van der Waals surface area contributed by atoms with Crippen molar-refractivity contribution in [2.75, 3.05) is 6.54 Å². The highest BCUT2D eigenvalue weighted by Crippen LogP contribution is 2.18. The summed E-state index contributed by atoms with van der Waals surface area (Å²) in [5, 5.41) is 3.77. The molecular formula is C15H18N2O2. The van der Waals surface area contributed by atoms with Gasteiger partial charge in [-0.05, 0) is 18.1 Å². The van der Waals surface area contributed by atoms with Crippen LogP contribution in [0.15, 0.2) is 30.5 Å². The van der Waals surface area contributed by atoms with Gasteiger partial charge in [-0.15, -0.1) is 0 Å². The Bertz CT molecular complexity index is 599. The highest BCUT2D eigenvalue weighted by atomic mass is 16.1. The molecule has 1 aromatic carbocycles. The van der Waals surface area contributed by atoms with Gasteiger partial charge in [0.2, 0.25) is 5.91 Å². The van der Waals surface area contributed by atoms with Crippen molar-refractivity contribution in [3.63, 3.8) is 0 Å². The molecule has 100 valence electrons.